The Balaban J connectivity index is 1.85. The Morgan fingerprint density at radius 1 is 1.03 bits per heavy atom. The minimum Gasteiger partial charge on any atom is -0.493 e. The van der Waals surface area contributed by atoms with Crippen molar-refractivity contribution >= 4 is 21.6 Å². The molecule has 0 bridgehead atoms. The average Bonchev–Trinajstić information content (AvgIpc) is 2.72. The van der Waals surface area contributed by atoms with E-state index in [2.05, 4.69) is 5.32 Å². The second-order valence-electron chi connectivity index (χ2n) is 6.83. The molecule has 0 aliphatic carbocycles. The summed E-state index contributed by atoms with van der Waals surface area (Å²) in [5.74, 6) is -1.22. The number of amides is 1. The Bertz CT molecular complexity index is 1010. The summed E-state index contributed by atoms with van der Waals surface area (Å²) in [4.78, 5) is 12.1. The normalized spacial score (nSPS) is 11.1. The number of anilines is 1. The molecule has 170 valence electrons. The van der Waals surface area contributed by atoms with Gasteiger partial charge in [-0.15, -0.1) is 0 Å². The molecule has 7 nitrogen and oxygen atoms in total. The Labute approximate surface area is 181 Å². The molecule has 0 spiro atoms. The predicted octanol–water partition coefficient (Wildman–Crippen LogP) is 2.89. The Morgan fingerprint density at radius 2 is 1.74 bits per heavy atom. The summed E-state index contributed by atoms with van der Waals surface area (Å²) in [6.07, 6.45) is 1.85. The Kier molecular flexibility index (Phi) is 8.61. The van der Waals surface area contributed by atoms with Gasteiger partial charge in [0.2, 0.25) is 15.9 Å². The second-order valence-corrected chi connectivity index (χ2v) is 8.73. The van der Waals surface area contributed by atoms with Crippen LogP contribution in [0.5, 0.6) is 11.5 Å². The molecule has 0 aromatic heterocycles. The first-order valence-electron chi connectivity index (χ1n) is 9.56. The lowest BCUT2D eigenvalue weighted by molar-refractivity contribution is -0.121. The number of rotatable bonds is 11. The maximum absolute atomic E-state index is 13.5. The van der Waals surface area contributed by atoms with E-state index in [1.807, 2.05) is 12.1 Å². The molecule has 0 aliphatic rings. The first-order chi connectivity index (χ1) is 14.7. The summed E-state index contributed by atoms with van der Waals surface area (Å²) < 4.78 is 62.0. The van der Waals surface area contributed by atoms with Gasteiger partial charge in [0.1, 0.15) is 0 Å². The zero-order valence-corrected chi connectivity index (χ0v) is 18.5. The number of ether oxygens (including phenoxy) is 2. The fourth-order valence-corrected chi connectivity index (χ4v) is 3.94. The van der Waals surface area contributed by atoms with Crippen molar-refractivity contribution in [3.8, 4) is 11.5 Å². The van der Waals surface area contributed by atoms with Gasteiger partial charge in [0, 0.05) is 25.6 Å². The van der Waals surface area contributed by atoms with E-state index in [0.717, 1.165) is 28.3 Å². The van der Waals surface area contributed by atoms with Crippen LogP contribution in [0.15, 0.2) is 36.4 Å². The lowest BCUT2D eigenvalue weighted by Crippen LogP contribution is -2.32. The summed E-state index contributed by atoms with van der Waals surface area (Å²) in [5, 5.41) is 2.78. The van der Waals surface area contributed by atoms with Crippen molar-refractivity contribution in [3.05, 3.63) is 53.6 Å². The predicted molar refractivity (Wildman–Crippen MR) is 114 cm³/mol. The van der Waals surface area contributed by atoms with Crippen LogP contribution in [0.25, 0.3) is 0 Å². The van der Waals surface area contributed by atoms with E-state index in [9.17, 15) is 22.0 Å². The van der Waals surface area contributed by atoms with Crippen molar-refractivity contribution in [1.29, 1.82) is 0 Å². The molecule has 0 radical (unpaired) electrons. The van der Waals surface area contributed by atoms with Crippen LogP contribution in [0.4, 0.5) is 14.5 Å². The van der Waals surface area contributed by atoms with Gasteiger partial charge in [-0.05, 0) is 42.7 Å². The van der Waals surface area contributed by atoms with Crippen LogP contribution >= 0.6 is 0 Å². The average molecular weight is 457 g/mol. The van der Waals surface area contributed by atoms with Crippen LogP contribution in [-0.2, 0) is 21.2 Å². The monoisotopic (exact) mass is 456 g/mol. The maximum Gasteiger partial charge on any atom is 0.232 e. The highest BCUT2D eigenvalue weighted by Gasteiger charge is 2.19. The van der Waals surface area contributed by atoms with Gasteiger partial charge >= 0.3 is 0 Å². The molecule has 0 aliphatic heterocycles. The molecule has 1 amide bonds. The van der Waals surface area contributed by atoms with E-state index in [4.69, 9.17) is 9.47 Å². The van der Waals surface area contributed by atoms with Crippen LogP contribution in [0.3, 0.4) is 0 Å². The van der Waals surface area contributed by atoms with Gasteiger partial charge in [-0.25, -0.2) is 17.2 Å². The highest BCUT2D eigenvalue weighted by Crippen LogP contribution is 2.27. The van der Waals surface area contributed by atoms with Crippen molar-refractivity contribution in [2.75, 3.05) is 37.9 Å². The number of sulfonamides is 1. The topological polar surface area (TPSA) is 84.9 Å². The zero-order chi connectivity index (χ0) is 23.0. The number of halogens is 2. The molecular formula is C21H26F2N2O5S. The minimum atomic E-state index is -3.72. The zero-order valence-electron chi connectivity index (χ0n) is 17.7. The Morgan fingerprint density at radius 3 is 2.35 bits per heavy atom. The number of nitrogens with one attached hydrogen (secondary N) is 1. The van der Waals surface area contributed by atoms with Crippen molar-refractivity contribution in [1.82, 2.24) is 5.32 Å². The smallest absolute Gasteiger partial charge is 0.232 e. The number of methoxy groups -OCH3 is 2. The van der Waals surface area contributed by atoms with E-state index in [0.29, 0.717) is 24.5 Å². The van der Waals surface area contributed by atoms with Gasteiger partial charge < -0.3 is 14.8 Å². The number of hydrogen-bond donors (Lipinski definition) is 1. The van der Waals surface area contributed by atoms with E-state index < -0.39 is 21.7 Å². The number of nitrogens with zero attached hydrogens (tertiary/aromatic N) is 1. The molecule has 10 heteroatoms. The molecule has 2 aromatic rings. The van der Waals surface area contributed by atoms with Crippen LogP contribution in [0, 0.1) is 11.6 Å². The van der Waals surface area contributed by atoms with Gasteiger partial charge in [-0.2, -0.15) is 0 Å². The molecule has 0 unspecified atom stereocenters. The lowest BCUT2D eigenvalue weighted by atomic mass is 10.1. The van der Waals surface area contributed by atoms with Gasteiger partial charge in [0.15, 0.2) is 23.1 Å². The molecule has 31 heavy (non-hydrogen) atoms. The fourth-order valence-electron chi connectivity index (χ4n) is 2.98. The van der Waals surface area contributed by atoms with Crippen LogP contribution in [0.1, 0.15) is 18.4 Å². The molecule has 0 saturated carbocycles. The molecule has 0 fully saturated rings. The minimum absolute atomic E-state index is 0.00950. The van der Waals surface area contributed by atoms with E-state index in [1.54, 1.807) is 20.3 Å². The van der Waals surface area contributed by atoms with Crippen LogP contribution in [-0.4, -0.2) is 47.9 Å². The largest absolute Gasteiger partial charge is 0.493 e. The number of benzene rings is 2. The lowest BCUT2D eigenvalue weighted by Gasteiger charge is -2.22. The summed E-state index contributed by atoms with van der Waals surface area (Å²) in [6.45, 7) is 0.361. The highest BCUT2D eigenvalue weighted by atomic mass is 32.2. The molecule has 0 heterocycles. The third-order valence-corrected chi connectivity index (χ3v) is 5.73. The second kappa shape index (κ2) is 10.9. The van der Waals surface area contributed by atoms with Crippen LogP contribution < -0.4 is 19.1 Å². The summed E-state index contributed by atoms with van der Waals surface area (Å²) >= 11 is 0. The van der Waals surface area contributed by atoms with Crippen molar-refractivity contribution in [2.24, 2.45) is 0 Å². The SMILES string of the molecule is COc1ccc(CCNC(=O)CCCN(c2ccc(F)c(F)c2)S(C)(=O)=O)cc1OC. The van der Waals surface area contributed by atoms with Crippen molar-refractivity contribution < 1.29 is 31.5 Å². The molecule has 0 atom stereocenters. The third-order valence-electron chi connectivity index (χ3n) is 4.54. The van der Waals surface area contributed by atoms with Crippen LogP contribution in [0.2, 0.25) is 0 Å². The summed E-state index contributed by atoms with van der Waals surface area (Å²) in [7, 11) is -0.625. The third kappa shape index (κ3) is 7.09. The van der Waals surface area contributed by atoms with E-state index >= 15 is 0 Å². The first kappa shape index (κ1) is 24.4. The quantitative estimate of drug-likeness (QED) is 0.562. The number of hydrogen-bond acceptors (Lipinski definition) is 5. The van der Waals surface area contributed by atoms with E-state index in [1.165, 1.54) is 6.07 Å². The van der Waals surface area contributed by atoms with Gasteiger partial charge in [0.05, 0.1) is 26.2 Å². The number of carbonyl (C=O) groups is 1. The highest BCUT2D eigenvalue weighted by molar-refractivity contribution is 7.92. The number of carbonyl (C=O) groups excluding carboxylic acids is 1. The Hall–Kier alpha value is -2.88. The standard InChI is InChI=1S/C21H26F2N2O5S/c1-29-19-9-6-15(13-20(19)30-2)10-11-24-21(26)5-4-12-25(31(3,27)28)16-7-8-17(22)18(23)14-16/h6-9,13-14H,4-5,10-12H2,1-3H3,(H,24,26). The van der Waals surface area contributed by atoms with Crippen molar-refractivity contribution in [2.45, 2.75) is 19.3 Å². The van der Waals surface area contributed by atoms with Gasteiger partial charge in [-0.3, -0.25) is 9.10 Å². The fraction of sp³-hybridized carbons (Fsp3) is 0.381. The molecule has 2 rings (SSSR count). The molecule has 2 aromatic carbocycles. The van der Waals surface area contributed by atoms with E-state index in [-0.39, 0.29) is 31.0 Å². The first-order valence-corrected chi connectivity index (χ1v) is 11.4. The van der Waals surface area contributed by atoms with Crippen molar-refractivity contribution in [3.63, 3.8) is 0 Å². The molecule has 0 saturated heterocycles. The molecule has 1 N–H and O–H groups in total. The summed E-state index contributed by atoms with van der Waals surface area (Å²) in [5.41, 5.74) is 0.967. The summed E-state index contributed by atoms with van der Waals surface area (Å²) in [6, 6.07) is 8.36. The van der Waals surface area contributed by atoms with Gasteiger partial charge in [0.25, 0.3) is 0 Å². The molecular weight excluding hydrogens is 430 g/mol. The van der Waals surface area contributed by atoms with Gasteiger partial charge in [-0.1, -0.05) is 6.07 Å². The maximum atomic E-state index is 13.5.